The van der Waals surface area contributed by atoms with E-state index in [0.717, 1.165) is 60.6 Å². The molecule has 1 aliphatic rings. The summed E-state index contributed by atoms with van der Waals surface area (Å²) in [7, 11) is 0. The molecule has 0 N–H and O–H groups in total. The second kappa shape index (κ2) is 10.4. The molecule has 2 heterocycles. The van der Waals surface area contributed by atoms with Crippen molar-refractivity contribution in [2.75, 3.05) is 18.0 Å². The minimum atomic E-state index is -0.0471. The monoisotopic (exact) mass is 449 g/mol. The summed E-state index contributed by atoms with van der Waals surface area (Å²) in [5.74, 6) is 0.858. The number of unbranched alkanes of at least 4 members (excludes halogenated alkanes) is 1. The van der Waals surface area contributed by atoms with E-state index in [9.17, 15) is 4.79 Å². The molecule has 178 valence electrons. The molecule has 1 aromatic carbocycles. The second-order valence-corrected chi connectivity index (χ2v) is 9.42. The Hall–Kier alpha value is -2.76. The van der Waals surface area contributed by atoms with Gasteiger partial charge in [-0.25, -0.2) is 9.98 Å². The zero-order valence-electron chi connectivity index (χ0n) is 21.6. The molecule has 0 unspecified atom stereocenters. The summed E-state index contributed by atoms with van der Waals surface area (Å²) in [6.07, 6.45) is 2.74. The Kier molecular flexibility index (Phi) is 7.88. The van der Waals surface area contributed by atoms with Gasteiger partial charge in [0.15, 0.2) is 5.82 Å². The average Bonchev–Trinajstić information content (AvgIpc) is 3.14. The molecule has 0 atom stereocenters. The maximum atomic E-state index is 13.5. The van der Waals surface area contributed by atoms with Gasteiger partial charge < -0.3 is 4.90 Å². The number of anilines is 1. The van der Waals surface area contributed by atoms with E-state index in [4.69, 9.17) is 15.1 Å². The van der Waals surface area contributed by atoms with Crippen LogP contribution in [0.15, 0.2) is 33.1 Å². The summed E-state index contributed by atoms with van der Waals surface area (Å²) in [5, 5.41) is 4.72. The van der Waals surface area contributed by atoms with E-state index in [2.05, 4.69) is 78.5 Å². The molecule has 2 aromatic rings. The third-order valence-corrected chi connectivity index (χ3v) is 6.26. The van der Waals surface area contributed by atoms with Gasteiger partial charge in [0.1, 0.15) is 5.71 Å². The molecule has 0 amide bonds. The van der Waals surface area contributed by atoms with Crippen LogP contribution in [0.2, 0.25) is 0 Å². The molecule has 1 aromatic heterocycles. The van der Waals surface area contributed by atoms with Gasteiger partial charge in [-0.1, -0.05) is 41.0 Å². The average molecular weight is 450 g/mol. The largest absolute Gasteiger partial charge is 0.372 e. The van der Waals surface area contributed by atoms with E-state index < -0.39 is 0 Å². The SMILES string of the molecule is CCCCc1c(C(C)C)nc2n(c1=O)N=C(C(C)C)C2=Nc1ccc(N(CC)CC)cc1C. The lowest BCUT2D eigenvalue weighted by Crippen LogP contribution is -2.28. The van der Waals surface area contributed by atoms with Crippen LogP contribution in [0.25, 0.3) is 0 Å². The van der Waals surface area contributed by atoms with E-state index >= 15 is 0 Å². The highest BCUT2D eigenvalue weighted by atomic mass is 16.1. The first-order chi connectivity index (χ1) is 15.7. The van der Waals surface area contributed by atoms with Gasteiger partial charge >= 0.3 is 0 Å². The number of aryl methyl sites for hydroxylation is 1. The van der Waals surface area contributed by atoms with Gasteiger partial charge in [-0.15, -0.1) is 0 Å². The molecule has 6 heteroatoms. The van der Waals surface area contributed by atoms with Gasteiger partial charge in [0.05, 0.1) is 17.1 Å². The van der Waals surface area contributed by atoms with E-state index in [1.54, 1.807) is 0 Å². The molecular formula is C27H39N5O. The Balaban J connectivity index is 2.17. The predicted molar refractivity (Wildman–Crippen MR) is 140 cm³/mol. The molecule has 0 aliphatic carbocycles. The molecule has 1 aliphatic heterocycles. The van der Waals surface area contributed by atoms with Crippen molar-refractivity contribution in [1.29, 1.82) is 0 Å². The summed E-state index contributed by atoms with van der Waals surface area (Å²) in [6.45, 7) is 18.9. The third kappa shape index (κ3) is 4.94. The molecule has 33 heavy (non-hydrogen) atoms. The van der Waals surface area contributed by atoms with Gasteiger partial charge in [-0.3, -0.25) is 4.79 Å². The maximum absolute atomic E-state index is 13.5. The molecule has 3 rings (SSSR count). The highest BCUT2D eigenvalue weighted by Crippen LogP contribution is 2.28. The van der Waals surface area contributed by atoms with Crippen LogP contribution in [-0.4, -0.2) is 34.2 Å². The highest BCUT2D eigenvalue weighted by molar-refractivity contribution is 6.49. The number of aromatic nitrogens is 2. The fourth-order valence-corrected chi connectivity index (χ4v) is 4.31. The van der Waals surface area contributed by atoms with Crippen molar-refractivity contribution in [2.24, 2.45) is 16.0 Å². The Morgan fingerprint density at radius 3 is 2.30 bits per heavy atom. The molecule has 6 nitrogen and oxygen atoms in total. The first-order valence-corrected chi connectivity index (χ1v) is 12.4. The predicted octanol–water partition coefficient (Wildman–Crippen LogP) is 5.86. The van der Waals surface area contributed by atoms with Crippen LogP contribution in [0.3, 0.4) is 0 Å². The van der Waals surface area contributed by atoms with Crippen molar-refractivity contribution in [3.63, 3.8) is 0 Å². The van der Waals surface area contributed by atoms with Crippen LogP contribution in [0, 0.1) is 12.8 Å². The summed E-state index contributed by atoms with van der Waals surface area (Å²) < 4.78 is 1.49. The zero-order valence-corrected chi connectivity index (χ0v) is 21.6. The van der Waals surface area contributed by atoms with Crippen molar-refractivity contribution in [3.05, 3.63) is 51.2 Å². The first-order valence-electron chi connectivity index (χ1n) is 12.4. The third-order valence-electron chi connectivity index (χ3n) is 6.26. The Labute approximate surface area is 198 Å². The van der Waals surface area contributed by atoms with E-state index in [-0.39, 0.29) is 17.4 Å². The van der Waals surface area contributed by atoms with Gasteiger partial charge in [0.2, 0.25) is 0 Å². The zero-order chi connectivity index (χ0) is 24.3. The van der Waals surface area contributed by atoms with Crippen LogP contribution < -0.4 is 10.5 Å². The van der Waals surface area contributed by atoms with Crippen LogP contribution in [0.1, 0.15) is 89.9 Å². The normalized spacial score (nSPS) is 14.4. The number of benzene rings is 1. The number of rotatable bonds is 9. The Bertz CT molecular complexity index is 1120. The van der Waals surface area contributed by atoms with Gasteiger partial charge in [0.25, 0.3) is 5.56 Å². The Morgan fingerprint density at radius 1 is 1.06 bits per heavy atom. The maximum Gasteiger partial charge on any atom is 0.277 e. The fourth-order valence-electron chi connectivity index (χ4n) is 4.31. The smallest absolute Gasteiger partial charge is 0.277 e. The van der Waals surface area contributed by atoms with Crippen LogP contribution in [0.4, 0.5) is 11.4 Å². The van der Waals surface area contributed by atoms with E-state index in [1.807, 2.05) is 0 Å². The molecule has 0 bridgehead atoms. The first kappa shape index (κ1) is 24.9. The highest BCUT2D eigenvalue weighted by Gasteiger charge is 2.30. The van der Waals surface area contributed by atoms with Gasteiger partial charge in [-0.2, -0.15) is 9.78 Å². The molecule has 0 fully saturated rings. The van der Waals surface area contributed by atoms with Crippen LogP contribution >= 0.6 is 0 Å². The lowest BCUT2D eigenvalue weighted by atomic mass is 9.99. The number of hydrogen-bond acceptors (Lipinski definition) is 5. The van der Waals surface area contributed by atoms with E-state index in [1.165, 1.54) is 10.4 Å². The van der Waals surface area contributed by atoms with Crippen LogP contribution in [0.5, 0.6) is 0 Å². The lowest BCUT2D eigenvalue weighted by molar-refractivity contribution is 0.687. The van der Waals surface area contributed by atoms with Crippen molar-refractivity contribution in [1.82, 2.24) is 9.66 Å². The fraction of sp³-hybridized carbons (Fsp3) is 0.556. The summed E-state index contributed by atoms with van der Waals surface area (Å²) >= 11 is 0. The molecule has 0 spiro atoms. The molecule has 0 radical (unpaired) electrons. The summed E-state index contributed by atoms with van der Waals surface area (Å²) in [4.78, 5) is 25.8. The standard InChI is InChI=1S/C27H39N5O/c1-9-12-13-21-23(17(4)5)29-26-25(24(18(6)7)30-32(26)27(21)33)28-22-15-14-20(16-19(22)8)31(10-2)11-3/h14-18H,9-13H2,1-8H3. The number of hydrogen-bond donors (Lipinski definition) is 0. The summed E-state index contributed by atoms with van der Waals surface area (Å²) in [6, 6.07) is 6.36. The van der Waals surface area contributed by atoms with Crippen molar-refractivity contribution < 1.29 is 0 Å². The van der Waals surface area contributed by atoms with Gasteiger partial charge in [-0.05, 0) is 69.2 Å². The second-order valence-electron chi connectivity index (χ2n) is 9.42. The van der Waals surface area contributed by atoms with Gasteiger partial charge in [0, 0.05) is 24.3 Å². The lowest BCUT2D eigenvalue weighted by Gasteiger charge is -2.21. The molecule has 0 saturated carbocycles. The van der Waals surface area contributed by atoms with Crippen molar-refractivity contribution >= 4 is 22.8 Å². The minimum Gasteiger partial charge on any atom is -0.372 e. The van der Waals surface area contributed by atoms with Crippen LogP contribution in [-0.2, 0) is 6.42 Å². The number of fused-ring (bicyclic) bond motifs is 1. The number of nitrogens with zero attached hydrogens (tertiary/aromatic N) is 5. The minimum absolute atomic E-state index is 0.0471. The Morgan fingerprint density at radius 2 is 1.76 bits per heavy atom. The van der Waals surface area contributed by atoms with E-state index in [0.29, 0.717) is 11.5 Å². The number of aliphatic imine (C=N–C) groups is 1. The van der Waals surface area contributed by atoms with Crippen molar-refractivity contribution in [3.8, 4) is 0 Å². The molecule has 0 saturated heterocycles. The summed E-state index contributed by atoms with van der Waals surface area (Å²) in [5.41, 5.74) is 6.33. The topological polar surface area (TPSA) is 62.9 Å². The van der Waals surface area contributed by atoms with Crippen molar-refractivity contribution in [2.45, 2.75) is 80.6 Å². The quantitative estimate of drug-likeness (QED) is 0.482. The molecular weight excluding hydrogens is 410 g/mol.